The highest BCUT2D eigenvalue weighted by Gasteiger charge is 2.19. The number of halogens is 1. The zero-order valence-corrected chi connectivity index (χ0v) is 9.72. The minimum absolute atomic E-state index is 0. The van der Waals surface area contributed by atoms with Gasteiger partial charge >= 0.3 is 0 Å². The van der Waals surface area contributed by atoms with E-state index in [2.05, 4.69) is 9.69 Å². The van der Waals surface area contributed by atoms with Gasteiger partial charge in [-0.05, 0) is 43.4 Å². The molecule has 13 heavy (non-hydrogen) atoms. The molecule has 2 rings (SSSR count). The van der Waals surface area contributed by atoms with E-state index in [1.165, 1.54) is 11.5 Å². The Morgan fingerprint density at radius 3 is 2.69 bits per heavy atom. The van der Waals surface area contributed by atoms with Gasteiger partial charge in [-0.25, -0.2) is 0 Å². The SMILES string of the molecule is Br.Oc1nscc1C1CCNCC1. The third-order valence-corrected chi connectivity index (χ3v) is 2.99. The van der Waals surface area contributed by atoms with E-state index in [-0.39, 0.29) is 22.9 Å². The summed E-state index contributed by atoms with van der Waals surface area (Å²) in [5.74, 6) is 0.761. The van der Waals surface area contributed by atoms with Crippen LogP contribution in [0.4, 0.5) is 0 Å². The normalized spacial score (nSPS) is 18.2. The van der Waals surface area contributed by atoms with E-state index in [0.29, 0.717) is 5.92 Å². The summed E-state index contributed by atoms with van der Waals surface area (Å²) in [6, 6.07) is 0. The Labute approximate surface area is 92.1 Å². The first-order valence-corrected chi connectivity index (χ1v) is 5.05. The number of nitrogens with one attached hydrogen (secondary N) is 1. The predicted octanol–water partition coefficient (Wildman–Crippen LogP) is 1.89. The largest absolute Gasteiger partial charge is 0.492 e. The molecule has 0 atom stereocenters. The van der Waals surface area contributed by atoms with Gasteiger partial charge in [0.1, 0.15) is 0 Å². The van der Waals surface area contributed by atoms with E-state index < -0.39 is 0 Å². The van der Waals surface area contributed by atoms with Gasteiger partial charge in [-0.1, -0.05) is 0 Å². The van der Waals surface area contributed by atoms with Crippen LogP contribution in [0.15, 0.2) is 5.38 Å². The second-order valence-corrected chi connectivity index (χ2v) is 3.75. The Bertz CT molecular complexity index is 260. The van der Waals surface area contributed by atoms with Crippen molar-refractivity contribution in [3.8, 4) is 5.88 Å². The van der Waals surface area contributed by atoms with Crippen LogP contribution in [0.3, 0.4) is 0 Å². The highest BCUT2D eigenvalue weighted by atomic mass is 79.9. The Morgan fingerprint density at radius 1 is 1.46 bits per heavy atom. The van der Waals surface area contributed by atoms with Gasteiger partial charge in [-0.15, -0.1) is 17.0 Å². The molecule has 1 fully saturated rings. The first-order chi connectivity index (χ1) is 5.88. The van der Waals surface area contributed by atoms with Crippen molar-refractivity contribution in [2.24, 2.45) is 0 Å². The van der Waals surface area contributed by atoms with Gasteiger partial charge in [0, 0.05) is 10.9 Å². The summed E-state index contributed by atoms with van der Waals surface area (Å²) in [4.78, 5) is 0. The van der Waals surface area contributed by atoms with Crippen LogP contribution in [-0.4, -0.2) is 22.6 Å². The molecule has 1 aromatic heterocycles. The number of hydrogen-bond acceptors (Lipinski definition) is 4. The van der Waals surface area contributed by atoms with Crippen molar-refractivity contribution < 1.29 is 5.11 Å². The molecule has 0 amide bonds. The maximum atomic E-state index is 9.38. The van der Waals surface area contributed by atoms with Gasteiger partial charge in [0.15, 0.2) is 0 Å². The van der Waals surface area contributed by atoms with E-state index in [4.69, 9.17) is 0 Å². The van der Waals surface area contributed by atoms with Crippen LogP contribution in [0.2, 0.25) is 0 Å². The van der Waals surface area contributed by atoms with Gasteiger partial charge in [-0.3, -0.25) is 0 Å². The summed E-state index contributed by atoms with van der Waals surface area (Å²) in [7, 11) is 0. The maximum absolute atomic E-state index is 9.38. The molecule has 2 heterocycles. The van der Waals surface area contributed by atoms with Gasteiger partial charge in [0.2, 0.25) is 5.88 Å². The Balaban J connectivity index is 0.000000845. The molecule has 0 aliphatic carbocycles. The smallest absolute Gasteiger partial charge is 0.226 e. The van der Waals surface area contributed by atoms with Crippen LogP contribution in [0.25, 0.3) is 0 Å². The van der Waals surface area contributed by atoms with Gasteiger partial charge in [-0.2, -0.15) is 4.37 Å². The highest BCUT2D eigenvalue weighted by Crippen LogP contribution is 2.32. The lowest BCUT2D eigenvalue weighted by Gasteiger charge is -2.21. The van der Waals surface area contributed by atoms with Crippen molar-refractivity contribution in [3.63, 3.8) is 0 Å². The third kappa shape index (κ3) is 2.42. The van der Waals surface area contributed by atoms with Crippen molar-refractivity contribution in [1.82, 2.24) is 9.69 Å². The van der Waals surface area contributed by atoms with Crippen molar-refractivity contribution in [3.05, 3.63) is 10.9 Å². The average molecular weight is 265 g/mol. The van der Waals surface area contributed by atoms with E-state index in [0.717, 1.165) is 31.5 Å². The molecular weight excluding hydrogens is 252 g/mol. The zero-order valence-electron chi connectivity index (χ0n) is 7.19. The summed E-state index contributed by atoms with van der Waals surface area (Å²) in [6.07, 6.45) is 2.23. The number of rotatable bonds is 1. The molecule has 1 aliphatic rings. The van der Waals surface area contributed by atoms with Crippen LogP contribution < -0.4 is 5.32 Å². The van der Waals surface area contributed by atoms with Gasteiger partial charge < -0.3 is 10.4 Å². The molecule has 2 N–H and O–H groups in total. The molecular formula is C8H13BrN2OS. The molecule has 0 spiro atoms. The van der Waals surface area contributed by atoms with E-state index in [9.17, 15) is 5.11 Å². The number of nitrogens with zero attached hydrogens (tertiary/aromatic N) is 1. The highest BCUT2D eigenvalue weighted by molar-refractivity contribution is 8.93. The number of aromatic hydroxyl groups is 1. The molecule has 3 nitrogen and oxygen atoms in total. The minimum atomic E-state index is 0. The number of hydrogen-bond donors (Lipinski definition) is 2. The van der Waals surface area contributed by atoms with Crippen LogP contribution in [0, 0.1) is 0 Å². The zero-order chi connectivity index (χ0) is 8.39. The lowest BCUT2D eigenvalue weighted by atomic mass is 9.92. The van der Waals surface area contributed by atoms with Crippen LogP contribution in [0.5, 0.6) is 5.88 Å². The van der Waals surface area contributed by atoms with Crippen molar-refractivity contribution >= 4 is 28.5 Å². The fourth-order valence-electron chi connectivity index (χ4n) is 1.65. The lowest BCUT2D eigenvalue weighted by Crippen LogP contribution is -2.26. The molecule has 0 unspecified atom stereocenters. The second kappa shape index (κ2) is 4.93. The summed E-state index contributed by atoms with van der Waals surface area (Å²) >= 11 is 1.34. The van der Waals surface area contributed by atoms with Crippen LogP contribution in [-0.2, 0) is 0 Å². The lowest BCUT2D eigenvalue weighted by molar-refractivity contribution is 0.417. The fourth-order valence-corrected chi connectivity index (χ4v) is 2.32. The molecule has 0 bridgehead atoms. The fraction of sp³-hybridized carbons (Fsp3) is 0.625. The molecule has 0 aromatic carbocycles. The number of aromatic nitrogens is 1. The monoisotopic (exact) mass is 264 g/mol. The summed E-state index contributed by atoms with van der Waals surface area (Å²) in [6.45, 7) is 2.11. The summed E-state index contributed by atoms with van der Waals surface area (Å²) in [5.41, 5.74) is 1.04. The second-order valence-electron chi connectivity index (χ2n) is 3.12. The average Bonchev–Trinajstić information content (AvgIpc) is 2.53. The molecule has 1 aliphatic heterocycles. The van der Waals surface area contributed by atoms with Crippen LogP contribution >= 0.6 is 28.5 Å². The minimum Gasteiger partial charge on any atom is -0.492 e. The Morgan fingerprint density at radius 2 is 2.15 bits per heavy atom. The Hall–Kier alpha value is -0.130. The van der Waals surface area contributed by atoms with E-state index >= 15 is 0 Å². The molecule has 74 valence electrons. The summed E-state index contributed by atoms with van der Waals surface area (Å²) < 4.78 is 3.87. The molecule has 0 saturated carbocycles. The molecule has 0 radical (unpaired) electrons. The van der Waals surface area contributed by atoms with Gasteiger partial charge in [0.05, 0.1) is 0 Å². The van der Waals surface area contributed by atoms with E-state index in [1.54, 1.807) is 0 Å². The standard InChI is InChI=1S/C8H12N2OS.BrH/c11-8-7(5-12-10-8)6-1-3-9-4-2-6;/h5-6,9H,1-4H2,(H,10,11);1H. The first kappa shape index (κ1) is 10.9. The predicted molar refractivity (Wildman–Crippen MR) is 58.9 cm³/mol. The third-order valence-electron chi connectivity index (χ3n) is 2.36. The number of piperidine rings is 1. The van der Waals surface area contributed by atoms with Crippen LogP contribution in [0.1, 0.15) is 24.3 Å². The van der Waals surface area contributed by atoms with E-state index in [1.807, 2.05) is 5.38 Å². The quantitative estimate of drug-likeness (QED) is 0.815. The van der Waals surface area contributed by atoms with Gasteiger partial charge in [0.25, 0.3) is 0 Å². The van der Waals surface area contributed by atoms with Crippen molar-refractivity contribution in [2.45, 2.75) is 18.8 Å². The molecule has 1 aromatic rings. The topological polar surface area (TPSA) is 45.2 Å². The van der Waals surface area contributed by atoms with Crippen molar-refractivity contribution in [1.29, 1.82) is 0 Å². The Kier molecular flexibility index (Phi) is 4.15. The van der Waals surface area contributed by atoms with Crippen molar-refractivity contribution in [2.75, 3.05) is 13.1 Å². The molecule has 5 heteroatoms. The first-order valence-electron chi connectivity index (χ1n) is 4.22. The summed E-state index contributed by atoms with van der Waals surface area (Å²) in [5, 5.41) is 14.6. The molecule has 1 saturated heterocycles. The maximum Gasteiger partial charge on any atom is 0.226 e.